The Morgan fingerprint density at radius 2 is 2.06 bits per heavy atom. The molecule has 3 N–H and O–H groups in total. The average Bonchev–Trinajstić information content (AvgIpc) is 3.52. The van der Waals surface area contributed by atoms with Crippen LogP contribution in [0.1, 0.15) is 44.4 Å². The quantitative estimate of drug-likeness (QED) is 0.396. The first-order valence-electron chi connectivity index (χ1n) is 11.5. The molecule has 0 saturated carbocycles. The van der Waals surface area contributed by atoms with Crippen LogP contribution in [0.2, 0.25) is 0 Å². The highest BCUT2D eigenvalue weighted by Gasteiger charge is 2.40. The molecule has 2 atom stereocenters. The van der Waals surface area contributed by atoms with Crippen molar-refractivity contribution in [3.05, 3.63) is 45.2 Å². The minimum Gasteiger partial charge on any atom is -0.481 e. The van der Waals surface area contributed by atoms with Crippen LogP contribution in [0.25, 0.3) is 0 Å². The zero-order chi connectivity index (χ0) is 25.1. The number of hydrogen-bond donors (Lipinski definition) is 3. The van der Waals surface area contributed by atoms with Crippen molar-refractivity contribution in [3.63, 3.8) is 0 Å². The van der Waals surface area contributed by atoms with Gasteiger partial charge in [0.15, 0.2) is 6.29 Å². The summed E-state index contributed by atoms with van der Waals surface area (Å²) in [5.41, 5.74) is 0.293. The van der Waals surface area contributed by atoms with Crippen LogP contribution in [0.3, 0.4) is 0 Å². The van der Waals surface area contributed by atoms with Crippen molar-refractivity contribution >= 4 is 23.3 Å². The number of hydrogen-bond acceptors (Lipinski definition) is 7. The van der Waals surface area contributed by atoms with Gasteiger partial charge in [-0.15, -0.1) is 11.3 Å². The Hall–Kier alpha value is -2.04. The summed E-state index contributed by atoms with van der Waals surface area (Å²) in [4.78, 5) is 24.6. The van der Waals surface area contributed by atoms with Crippen molar-refractivity contribution in [1.82, 2.24) is 5.32 Å². The Bertz CT molecular complexity index is 855. The summed E-state index contributed by atoms with van der Waals surface area (Å²) in [6.45, 7) is 5.18. The monoisotopic (exact) mass is 495 g/mol. The molecule has 1 fully saturated rings. The molecule has 0 radical (unpaired) electrons. The Morgan fingerprint density at radius 3 is 2.56 bits per heavy atom. The molecule has 190 valence electrons. The molecule has 9 heteroatoms. The summed E-state index contributed by atoms with van der Waals surface area (Å²) < 4.78 is 15.7. The molecule has 0 spiro atoms. The molecule has 0 aromatic carbocycles. The highest BCUT2D eigenvalue weighted by Crippen LogP contribution is 2.40. The Kier molecular flexibility index (Phi) is 11.4. The molecule has 1 aromatic heterocycles. The Morgan fingerprint density at radius 1 is 1.32 bits per heavy atom. The molecule has 1 saturated heterocycles. The van der Waals surface area contributed by atoms with Gasteiger partial charge in [0, 0.05) is 50.8 Å². The number of nitrogens with one attached hydrogen (secondary N) is 1. The zero-order valence-electron chi connectivity index (χ0n) is 20.5. The molecule has 1 aromatic rings. The van der Waals surface area contributed by atoms with Crippen LogP contribution in [-0.2, 0) is 30.2 Å². The molecular weight excluding hydrogens is 458 g/mol. The molecule has 0 amide bonds. The molecule has 2 heterocycles. The lowest BCUT2D eigenvalue weighted by molar-refractivity contribution is -0.146. The average molecular weight is 496 g/mol. The van der Waals surface area contributed by atoms with Crippen molar-refractivity contribution in [1.29, 1.82) is 0 Å². The van der Waals surface area contributed by atoms with E-state index in [2.05, 4.69) is 22.8 Å². The van der Waals surface area contributed by atoms with Gasteiger partial charge < -0.3 is 29.7 Å². The summed E-state index contributed by atoms with van der Waals surface area (Å²) in [5.74, 6) is -2.08. The SMILES string of the molecule is CCC1(C(=O)O)C=C(C)C(CNCC(OC)OC)=C(C(=O)O)C1.c1csc(CC2CCCO2)c1. The van der Waals surface area contributed by atoms with Crippen molar-refractivity contribution in [2.45, 2.75) is 58.3 Å². The van der Waals surface area contributed by atoms with Gasteiger partial charge in [0.25, 0.3) is 0 Å². The van der Waals surface area contributed by atoms with Crippen molar-refractivity contribution in [3.8, 4) is 0 Å². The molecule has 1 aliphatic heterocycles. The molecule has 2 aliphatic rings. The standard InChI is InChI=1S/C16H25NO6.C9H12OS/c1-5-16(15(20)21)6-10(2)12(11(7-16)14(18)19)8-17-9-13(22-3)23-4;1-3-8(10-5-1)7-9-4-2-6-11-9/h6,13,17H,5,7-9H2,1-4H3,(H,18,19)(H,20,21);2,4,6,8H,1,3,5,7H2. The molecule has 1 aliphatic carbocycles. The maximum absolute atomic E-state index is 11.6. The minimum atomic E-state index is -1.15. The zero-order valence-corrected chi connectivity index (χ0v) is 21.3. The third kappa shape index (κ3) is 7.74. The number of carboxylic acid groups (broad SMARTS) is 2. The first-order chi connectivity index (χ1) is 16.3. The van der Waals surface area contributed by atoms with Crippen LogP contribution in [0.4, 0.5) is 0 Å². The van der Waals surface area contributed by atoms with E-state index in [1.54, 1.807) is 19.9 Å². The normalized spacial score (nSPS) is 22.4. The minimum absolute atomic E-state index is 0.0134. The Balaban J connectivity index is 0.000000305. The maximum Gasteiger partial charge on any atom is 0.331 e. The van der Waals surface area contributed by atoms with E-state index in [4.69, 9.17) is 14.2 Å². The lowest BCUT2D eigenvalue weighted by atomic mass is 9.72. The van der Waals surface area contributed by atoms with Gasteiger partial charge in [-0.2, -0.15) is 0 Å². The number of aliphatic carboxylic acids is 2. The predicted octanol–water partition coefficient (Wildman–Crippen LogP) is 3.88. The van der Waals surface area contributed by atoms with Gasteiger partial charge in [-0.3, -0.25) is 4.79 Å². The van der Waals surface area contributed by atoms with E-state index in [9.17, 15) is 19.8 Å². The fourth-order valence-corrected chi connectivity index (χ4v) is 4.99. The summed E-state index contributed by atoms with van der Waals surface area (Å²) in [5, 5.41) is 24.2. The molecule has 34 heavy (non-hydrogen) atoms. The fraction of sp³-hybridized carbons (Fsp3) is 0.600. The van der Waals surface area contributed by atoms with E-state index in [-0.39, 0.29) is 12.0 Å². The van der Waals surface area contributed by atoms with Crippen LogP contribution in [0, 0.1) is 5.41 Å². The number of methoxy groups -OCH3 is 2. The van der Waals surface area contributed by atoms with E-state index >= 15 is 0 Å². The summed E-state index contributed by atoms with van der Waals surface area (Å²) >= 11 is 1.83. The second-order valence-electron chi connectivity index (χ2n) is 8.53. The number of thiophene rings is 1. The molecule has 3 rings (SSSR count). The van der Waals surface area contributed by atoms with Gasteiger partial charge in [-0.25, -0.2) is 4.79 Å². The van der Waals surface area contributed by atoms with Gasteiger partial charge in [-0.05, 0) is 55.2 Å². The first-order valence-corrected chi connectivity index (χ1v) is 12.4. The Labute approximate surface area is 205 Å². The summed E-state index contributed by atoms with van der Waals surface area (Å²) in [6, 6.07) is 4.29. The van der Waals surface area contributed by atoms with Gasteiger partial charge in [0.05, 0.1) is 11.5 Å². The van der Waals surface area contributed by atoms with Gasteiger partial charge >= 0.3 is 11.9 Å². The second kappa shape index (κ2) is 13.7. The van der Waals surface area contributed by atoms with Gasteiger partial charge in [0.2, 0.25) is 0 Å². The van der Waals surface area contributed by atoms with E-state index in [0.29, 0.717) is 36.8 Å². The summed E-state index contributed by atoms with van der Waals surface area (Å²) in [6.07, 6.45) is 5.70. The van der Waals surface area contributed by atoms with Gasteiger partial charge in [-0.1, -0.05) is 19.1 Å². The smallest absolute Gasteiger partial charge is 0.331 e. The highest BCUT2D eigenvalue weighted by atomic mass is 32.1. The van der Waals surface area contributed by atoms with E-state index < -0.39 is 23.6 Å². The molecule has 8 nitrogen and oxygen atoms in total. The van der Waals surface area contributed by atoms with Crippen LogP contribution < -0.4 is 5.32 Å². The number of carboxylic acids is 2. The number of ether oxygens (including phenoxy) is 3. The third-order valence-corrected chi connectivity index (χ3v) is 7.21. The lowest BCUT2D eigenvalue weighted by Crippen LogP contribution is -2.36. The number of rotatable bonds is 11. The van der Waals surface area contributed by atoms with E-state index in [1.165, 1.54) is 31.9 Å². The second-order valence-corrected chi connectivity index (χ2v) is 9.56. The maximum atomic E-state index is 11.6. The lowest BCUT2D eigenvalue weighted by Gasteiger charge is -2.32. The molecular formula is C25H37NO7S. The first kappa shape index (κ1) is 28.2. The third-order valence-electron chi connectivity index (χ3n) is 6.31. The van der Waals surface area contributed by atoms with Crippen LogP contribution in [0.5, 0.6) is 0 Å². The van der Waals surface area contributed by atoms with E-state index in [0.717, 1.165) is 13.0 Å². The van der Waals surface area contributed by atoms with Gasteiger partial charge in [0.1, 0.15) is 0 Å². The van der Waals surface area contributed by atoms with Crippen molar-refractivity contribution < 1.29 is 34.0 Å². The fourth-order valence-electron chi connectivity index (χ4n) is 4.22. The highest BCUT2D eigenvalue weighted by molar-refractivity contribution is 7.09. The number of carbonyl (C=O) groups is 2. The predicted molar refractivity (Wildman–Crippen MR) is 131 cm³/mol. The largest absolute Gasteiger partial charge is 0.481 e. The molecule has 0 bridgehead atoms. The van der Waals surface area contributed by atoms with Crippen LogP contribution >= 0.6 is 11.3 Å². The van der Waals surface area contributed by atoms with Crippen molar-refractivity contribution in [2.75, 3.05) is 33.9 Å². The van der Waals surface area contributed by atoms with Crippen molar-refractivity contribution in [2.24, 2.45) is 5.41 Å². The topological polar surface area (TPSA) is 114 Å². The van der Waals surface area contributed by atoms with E-state index in [1.807, 2.05) is 11.3 Å². The van der Waals surface area contributed by atoms with Crippen LogP contribution in [-0.4, -0.2) is 68.5 Å². The molecule has 2 unspecified atom stereocenters. The summed E-state index contributed by atoms with van der Waals surface area (Å²) in [7, 11) is 3.04. The van der Waals surface area contributed by atoms with Crippen LogP contribution in [0.15, 0.2) is 40.3 Å².